The number of nitrogens with one attached hydrogen (secondary N) is 1. The third-order valence-electron chi connectivity index (χ3n) is 7.84. The number of halogens is 3. The maximum absolute atomic E-state index is 13.1. The van der Waals surface area contributed by atoms with E-state index < -0.39 is 36.1 Å². The summed E-state index contributed by atoms with van der Waals surface area (Å²) in [5, 5.41) is 2.89. The number of rotatable bonds is 8. The summed E-state index contributed by atoms with van der Waals surface area (Å²) in [5.74, 6) is 1.20. The molecule has 0 aliphatic heterocycles. The van der Waals surface area contributed by atoms with Crippen molar-refractivity contribution in [1.82, 2.24) is 10.2 Å². The SMILES string of the molecule is COC1CCC2(CC1)Cc1ccc(OCC3CC3)cc1C2(C=O)NC(=O)N(C)CCC(F)(F)F. The van der Waals surface area contributed by atoms with Crippen molar-refractivity contribution in [3.63, 3.8) is 0 Å². The second-order valence-corrected chi connectivity index (χ2v) is 10.1. The molecule has 0 radical (unpaired) electrons. The van der Waals surface area contributed by atoms with Gasteiger partial charge in [0.1, 0.15) is 11.3 Å². The summed E-state index contributed by atoms with van der Waals surface area (Å²) in [6, 6.07) is 4.99. The standard InChI is InChI=1S/C25H33F3N2O4/c1-30(12-11-25(26,27)28)22(32)29-24(16-31)21-13-20(34-15-17-3-4-17)6-5-18(21)14-23(24)9-7-19(33-2)8-10-23/h5-6,13,16-17,19H,3-4,7-12,14-15H2,1-2H3,(H,29,32). The molecule has 34 heavy (non-hydrogen) atoms. The molecule has 0 heterocycles. The Morgan fingerprint density at radius 3 is 2.53 bits per heavy atom. The third-order valence-corrected chi connectivity index (χ3v) is 7.84. The molecule has 3 aliphatic rings. The lowest BCUT2D eigenvalue weighted by molar-refractivity contribution is -0.136. The Bertz CT molecular complexity index is 910. The highest BCUT2D eigenvalue weighted by Crippen LogP contribution is 2.57. The number of benzene rings is 1. The summed E-state index contributed by atoms with van der Waals surface area (Å²) in [6.07, 6.45) is 1.08. The van der Waals surface area contributed by atoms with Crippen LogP contribution in [-0.4, -0.2) is 56.8 Å². The molecule has 1 atom stereocenters. The predicted molar refractivity (Wildman–Crippen MR) is 120 cm³/mol. The van der Waals surface area contributed by atoms with Crippen LogP contribution in [0.3, 0.4) is 0 Å². The molecule has 1 aromatic carbocycles. The summed E-state index contributed by atoms with van der Waals surface area (Å²) in [6.45, 7) is 0.125. The molecule has 2 saturated carbocycles. The van der Waals surface area contributed by atoms with Gasteiger partial charge in [0.25, 0.3) is 0 Å². The number of urea groups is 1. The second kappa shape index (κ2) is 9.40. The molecule has 0 saturated heterocycles. The average molecular weight is 483 g/mol. The van der Waals surface area contributed by atoms with Crippen molar-refractivity contribution in [2.24, 2.45) is 11.3 Å². The van der Waals surface area contributed by atoms with E-state index in [1.807, 2.05) is 18.2 Å². The normalized spacial score (nSPS) is 28.4. The first-order valence-electron chi connectivity index (χ1n) is 12.0. The number of alkyl halides is 3. The minimum absolute atomic E-state index is 0.0845. The summed E-state index contributed by atoms with van der Waals surface area (Å²) in [5.41, 5.74) is -0.269. The highest BCUT2D eigenvalue weighted by Gasteiger charge is 2.60. The highest BCUT2D eigenvalue weighted by molar-refractivity contribution is 5.84. The first kappa shape index (κ1) is 24.8. The number of fused-ring (bicyclic) bond motifs is 1. The van der Waals surface area contributed by atoms with Gasteiger partial charge in [-0.3, -0.25) is 0 Å². The minimum Gasteiger partial charge on any atom is -0.493 e. The molecular formula is C25H33F3N2O4. The Morgan fingerprint density at radius 1 is 1.24 bits per heavy atom. The lowest BCUT2D eigenvalue weighted by Crippen LogP contribution is -2.60. The van der Waals surface area contributed by atoms with Crippen molar-refractivity contribution in [3.05, 3.63) is 29.3 Å². The fourth-order valence-electron chi connectivity index (χ4n) is 5.48. The Morgan fingerprint density at radius 2 is 1.94 bits per heavy atom. The average Bonchev–Trinajstić information content (AvgIpc) is 3.61. The molecular weight excluding hydrogens is 449 g/mol. The Balaban J connectivity index is 1.64. The van der Waals surface area contributed by atoms with Crippen LogP contribution in [0.25, 0.3) is 0 Å². The zero-order valence-corrected chi connectivity index (χ0v) is 19.7. The van der Waals surface area contributed by atoms with Crippen molar-refractivity contribution >= 4 is 12.3 Å². The van der Waals surface area contributed by atoms with Crippen LogP contribution in [0, 0.1) is 11.3 Å². The minimum atomic E-state index is -4.37. The van der Waals surface area contributed by atoms with E-state index in [2.05, 4.69) is 5.32 Å². The van der Waals surface area contributed by atoms with E-state index in [4.69, 9.17) is 9.47 Å². The van der Waals surface area contributed by atoms with Gasteiger partial charge >= 0.3 is 12.2 Å². The molecule has 3 aliphatic carbocycles. The van der Waals surface area contributed by atoms with E-state index in [0.717, 1.165) is 42.4 Å². The van der Waals surface area contributed by atoms with E-state index >= 15 is 0 Å². The maximum atomic E-state index is 13.1. The molecule has 4 rings (SSSR count). The fourth-order valence-corrected chi connectivity index (χ4v) is 5.48. The van der Waals surface area contributed by atoms with E-state index in [9.17, 15) is 22.8 Å². The van der Waals surface area contributed by atoms with Crippen molar-refractivity contribution in [1.29, 1.82) is 0 Å². The van der Waals surface area contributed by atoms with Gasteiger partial charge < -0.3 is 24.5 Å². The van der Waals surface area contributed by atoms with Crippen LogP contribution in [0.2, 0.25) is 0 Å². The van der Waals surface area contributed by atoms with Gasteiger partial charge in [-0.15, -0.1) is 0 Å². The maximum Gasteiger partial charge on any atom is 0.390 e. The lowest BCUT2D eigenvalue weighted by atomic mass is 9.62. The van der Waals surface area contributed by atoms with Crippen LogP contribution in [0.1, 0.15) is 56.1 Å². The van der Waals surface area contributed by atoms with E-state index in [1.165, 1.54) is 7.05 Å². The molecule has 1 unspecified atom stereocenters. The van der Waals surface area contributed by atoms with E-state index in [-0.39, 0.29) is 6.10 Å². The monoisotopic (exact) mass is 482 g/mol. The molecule has 2 fully saturated rings. The zero-order valence-electron chi connectivity index (χ0n) is 19.7. The molecule has 2 amide bonds. The van der Waals surface area contributed by atoms with Crippen molar-refractivity contribution in [3.8, 4) is 5.75 Å². The van der Waals surface area contributed by atoms with Gasteiger partial charge in [-0.25, -0.2) is 4.79 Å². The van der Waals surface area contributed by atoms with Gasteiger partial charge in [-0.05, 0) is 74.1 Å². The molecule has 188 valence electrons. The molecule has 1 aromatic rings. The molecule has 9 heteroatoms. The first-order chi connectivity index (χ1) is 16.1. The van der Waals surface area contributed by atoms with Crippen molar-refractivity contribution < 1.29 is 32.2 Å². The Labute approximate surface area is 198 Å². The number of methoxy groups -OCH3 is 1. The van der Waals surface area contributed by atoms with Gasteiger partial charge in [0.2, 0.25) is 0 Å². The second-order valence-electron chi connectivity index (χ2n) is 10.1. The smallest absolute Gasteiger partial charge is 0.390 e. The number of amides is 2. The number of hydrogen-bond acceptors (Lipinski definition) is 4. The first-order valence-corrected chi connectivity index (χ1v) is 12.0. The van der Waals surface area contributed by atoms with Crippen LogP contribution in [0.5, 0.6) is 5.75 Å². The molecule has 0 bridgehead atoms. The van der Waals surface area contributed by atoms with Crippen LogP contribution < -0.4 is 10.1 Å². The number of hydrogen-bond donors (Lipinski definition) is 1. The fraction of sp³-hybridized carbons (Fsp3) is 0.680. The molecule has 6 nitrogen and oxygen atoms in total. The molecule has 1 N–H and O–H groups in total. The summed E-state index contributed by atoms with van der Waals surface area (Å²) < 4.78 is 49.6. The van der Waals surface area contributed by atoms with Gasteiger partial charge in [-0.2, -0.15) is 13.2 Å². The molecule has 1 spiro atoms. The summed E-state index contributed by atoms with van der Waals surface area (Å²) in [7, 11) is 2.99. The number of nitrogens with zero attached hydrogens (tertiary/aromatic N) is 1. The zero-order chi connectivity index (χ0) is 24.6. The van der Waals surface area contributed by atoms with Crippen LogP contribution in [-0.2, 0) is 21.5 Å². The van der Waals surface area contributed by atoms with Crippen LogP contribution in [0.4, 0.5) is 18.0 Å². The third kappa shape index (κ3) is 4.90. The quantitative estimate of drug-likeness (QED) is 0.550. The summed E-state index contributed by atoms with van der Waals surface area (Å²) in [4.78, 5) is 27.0. The number of carbonyl (C=O) groups is 2. The van der Waals surface area contributed by atoms with Gasteiger partial charge in [0, 0.05) is 26.1 Å². The van der Waals surface area contributed by atoms with Gasteiger partial charge in [-0.1, -0.05) is 6.07 Å². The van der Waals surface area contributed by atoms with E-state index in [0.29, 0.717) is 43.1 Å². The number of ether oxygens (including phenoxy) is 2. The molecule has 0 aromatic heterocycles. The number of carbonyl (C=O) groups excluding carboxylic acids is 2. The van der Waals surface area contributed by atoms with Crippen molar-refractivity contribution in [2.75, 3.05) is 27.3 Å². The Hall–Kier alpha value is -2.29. The topological polar surface area (TPSA) is 67.9 Å². The largest absolute Gasteiger partial charge is 0.493 e. The number of aldehydes is 1. The van der Waals surface area contributed by atoms with Gasteiger partial charge in [0.05, 0.1) is 19.1 Å². The van der Waals surface area contributed by atoms with Crippen LogP contribution in [0.15, 0.2) is 18.2 Å². The van der Waals surface area contributed by atoms with E-state index in [1.54, 1.807) is 7.11 Å². The summed E-state index contributed by atoms with van der Waals surface area (Å²) >= 11 is 0. The Kier molecular flexibility index (Phi) is 6.86. The highest BCUT2D eigenvalue weighted by atomic mass is 19.4. The van der Waals surface area contributed by atoms with Gasteiger partial charge in [0.15, 0.2) is 6.29 Å². The predicted octanol–water partition coefficient (Wildman–Crippen LogP) is 4.59. The van der Waals surface area contributed by atoms with Crippen LogP contribution >= 0.6 is 0 Å². The van der Waals surface area contributed by atoms with Crippen molar-refractivity contribution in [2.45, 2.75) is 69.2 Å². The lowest BCUT2D eigenvalue weighted by Gasteiger charge is -2.47.